The summed E-state index contributed by atoms with van der Waals surface area (Å²) in [4.78, 5) is 12.2. The molecule has 0 saturated heterocycles. The minimum atomic E-state index is -0.557. The average Bonchev–Trinajstić information content (AvgIpc) is 2.53. The fourth-order valence-corrected chi connectivity index (χ4v) is 2.91. The summed E-state index contributed by atoms with van der Waals surface area (Å²) in [5, 5.41) is 6.46. The highest BCUT2D eigenvalue weighted by atomic mass is 35.5. The van der Waals surface area contributed by atoms with Crippen LogP contribution in [-0.2, 0) is 10.3 Å². The molecule has 0 spiro atoms. The van der Waals surface area contributed by atoms with Crippen molar-refractivity contribution in [2.75, 3.05) is 6.54 Å². The minimum absolute atomic E-state index is 0.0713. The predicted molar refractivity (Wildman–Crippen MR) is 95.4 cm³/mol. The molecule has 2 aromatic carbocycles. The summed E-state index contributed by atoms with van der Waals surface area (Å²) >= 11 is 6.11. The quantitative estimate of drug-likeness (QED) is 0.822. The molecule has 1 amide bonds. The van der Waals surface area contributed by atoms with Crippen molar-refractivity contribution in [1.82, 2.24) is 10.6 Å². The second kappa shape index (κ2) is 7.77. The maximum atomic E-state index is 13.2. The first-order valence-corrected chi connectivity index (χ1v) is 8.22. The molecule has 0 bridgehead atoms. The molecule has 5 heteroatoms. The summed E-state index contributed by atoms with van der Waals surface area (Å²) in [5.41, 5.74) is 1.24. The Kier molecular flexibility index (Phi) is 5.97. The summed E-state index contributed by atoms with van der Waals surface area (Å²) in [6.45, 7) is 5.88. The van der Waals surface area contributed by atoms with Crippen molar-refractivity contribution < 1.29 is 9.18 Å². The fourth-order valence-electron chi connectivity index (χ4n) is 2.51. The van der Waals surface area contributed by atoms with E-state index in [1.165, 1.54) is 12.1 Å². The highest BCUT2D eigenvalue weighted by Gasteiger charge is 2.24. The molecule has 0 fully saturated rings. The van der Waals surface area contributed by atoms with Gasteiger partial charge in [0.05, 0.1) is 12.6 Å². The van der Waals surface area contributed by atoms with E-state index in [4.69, 9.17) is 11.6 Å². The molecule has 128 valence electrons. The molecule has 0 saturated carbocycles. The third kappa shape index (κ3) is 4.79. The van der Waals surface area contributed by atoms with Gasteiger partial charge in [0.15, 0.2) is 0 Å². The lowest BCUT2D eigenvalue weighted by molar-refractivity contribution is -0.121. The van der Waals surface area contributed by atoms with Crippen LogP contribution in [0.2, 0.25) is 5.02 Å². The smallest absolute Gasteiger partial charge is 0.234 e. The van der Waals surface area contributed by atoms with E-state index < -0.39 is 5.54 Å². The number of nitrogens with one attached hydrogen (secondary N) is 2. The van der Waals surface area contributed by atoms with Crippen LogP contribution in [0.4, 0.5) is 4.39 Å². The average molecular weight is 349 g/mol. The van der Waals surface area contributed by atoms with Gasteiger partial charge in [0.2, 0.25) is 5.91 Å². The molecule has 2 aromatic rings. The van der Waals surface area contributed by atoms with Gasteiger partial charge < -0.3 is 5.32 Å². The number of hydrogen-bond acceptors (Lipinski definition) is 2. The van der Waals surface area contributed by atoms with Crippen LogP contribution < -0.4 is 10.6 Å². The van der Waals surface area contributed by atoms with Crippen LogP contribution in [0.5, 0.6) is 0 Å². The monoisotopic (exact) mass is 348 g/mol. The molecule has 0 aliphatic heterocycles. The van der Waals surface area contributed by atoms with E-state index in [0.717, 1.165) is 11.1 Å². The highest BCUT2D eigenvalue weighted by Crippen LogP contribution is 2.28. The predicted octanol–water partition coefficient (Wildman–Crippen LogP) is 4.18. The fraction of sp³-hybridized carbons (Fsp3) is 0.316. The van der Waals surface area contributed by atoms with E-state index in [1.807, 2.05) is 51.1 Å². The lowest BCUT2D eigenvalue weighted by Crippen LogP contribution is -2.44. The maximum Gasteiger partial charge on any atom is 0.234 e. The van der Waals surface area contributed by atoms with Crippen LogP contribution in [-0.4, -0.2) is 12.5 Å². The lowest BCUT2D eigenvalue weighted by atomic mass is 9.94. The lowest BCUT2D eigenvalue weighted by Gasteiger charge is -2.28. The van der Waals surface area contributed by atoms with E-state index in [9.17, 15) is 9.18 Å². The van der Waals surface area contributed by atoms with Gasteiger partial charge in [-0.1, -0.05) is 48.0 Å². The molecule has 0 aliphatic rings. The second-order valence-corrected chi connectivity index (χ2v) is 6.71. The Morgan fingerprint density at radius 1 is 1.21 bits per heavy atom. The molecule has 1 atom stereocenters. The third-order valence-electron chi connectivity index (χ3n) is 3.97. The first-order chi connectivity index (χ1) is 11.3. The van der Waals surface area contributed by atoms with Crippen molar-refractivity contribution in [3.8, 4) is 0 Å². The summed E-state index contributed by atoms with van der Waals surface area (Å²) in [5.74, 6) is -0.494. The molecule has 3 nitrogen and oxygen atoms in total. The Balaban J connectivity index is 1.95. The van der Waals surface area contributed by atoms with Crippen molar-refractivity contribution in [2.45, 2.75) is 32.4 Å². The van der Waals surface area contributed by atoms with E-state index in [2.05, 4.69) is 10.6 Å². The van der Waals surface area contributed by atoms with Crippen LogP contribution in [0.1, 0.15) is 37.9 Å². The Morgan fingerprint density at radius 2 is 1.88 bits per heavy atom. The van der Waals surface area contributed by atoms with Gasteiger partial charge in [-0.25, -0.2) is 4.39 Å². The Morgan fingerprint density at radius 3 is 2.50 bits per heavy atom. The van der Waals surface area contributed by atoms with Crippen LogP contribution in [0.25, 0.3) is 0 Å². The SMILES string of the molecule is CC(NC(=O)CNC(C)(C)c1ccc(F)cc1Cl)c1ccccc1. The Hall–Kier alpha value is -1.91. The largest absolute Gasteiger partial charge is 0.348 e. The molecular formula is C19H22ClFN2O. The maximum absolute atomic E-state index is 13.2. The molecule has 2 N–H and O–H groups in total. The molecule has 0 heterocycles. The van der Waals surface area contributed by atoms with Gasteiger partial charge in [0.25, 0.3) is 0 Å². The van der Waals surface area contributed by atoms with Crippen LogP contribution >= 0.6 is 11.6 Å². The normalized spacial score (nSPS) is 12.7. The second-order valence-electron chi connectivity index (χ2n) is 6.30. The van der Waals surface area contributed by atoms with Gasteiger partial charge >= 0.3 is 0 Å². The van der Waals surface area contributed by atoms with E-state index in [0.29, 0.717) is 5.02 Å². The number of benzene rings is 2. The molecule has 0 aliphatic carbocycles. The Bertz CT molecular complexity index is 704. The third-order valence-corrected chi connectivity index (χ3v) is 4.29. The number of rotatable bonds is 6. The van der Waals surface area contributed by atoms with E-state index in [-0.39, 0.29) is 24.3 Å². The Labute approximate surface area is 147 Å². The standard InChI is InChI=1S/C19H22ClFN2O/c1-13(14-7-5-4-6-8-14)23-18(24)12-22-19(2,3)16-10-9-15(21)11-17(16)20/h4-11,13,22H,12H2,1-3H3,(H,23,24). The topological polar surface area (TPSA) is 41.1 Å². The molecule has 0 radical (unpaired) electrons. The van der Waals surface area contributed by atoms with Crippen molar-refractivity contribution in [2.24, 2.45) is 0 Å². The highest BCUT2D eigenvalue weighted by molar-refractivity contribution is 6.31. The number of carbonyl (C=O) groups excluding carboxylic acids is 1. The molecule has 1 unspecified atom stereocenters. The van der Waals surface area contributed by atoms with Gasteiger partial charge in [-0.2, -0.15) is 0 Å². The minimum Gasteiger partial charge on any atom is -0.348 e. The molecule has 2 rings (SSSR count). The van der Waals surface area contributed by atoms with Crippen molar-refractivity contribution in [3.63, 3.8) is 0 Å². The number of carbonyl (C=O) groups is 1. The summed E-state index contributed by atoms with van der Waals surface area (Å²) in [7, 11) is 0. The van der Waals surface area contributed by atoms with Crippen molar-refractivity contribution >= 4 is 17.5 Å². The van der Waals surface area contributed by atoms with Crippen molar-refractivity contribution in [3.05, 3.63) is 70.5 Å². The zero-order valence-corrected chi connectivity index (χ0v) is 14.8. The number of halogens is 2. The number of hydrogen-bond donors (Lipinski definition) is 2. The zero-order valence-electron chi connectivity index (χ0n) is 14.1. The van der Waals surface area contributed by atoms with Crippen LogP contribution in [0.15, 0.2) is 48.5 Å². The number of amides is 1. The van der Waals surface area contributed by atoms with Gasteiger partial charge in [0.1, 0.15) is 5.82 Å². The van der Waals surface area contributed by atoms with Crippen LogP contribution in [0, 0.1) is 5.82 Å². The molecule has 0 aromatic heterocycles. The van der Waals surface area contributed by atoms with E-state index in [1.54, 1.807) is 6.07 Å². The first kappa shape index (κ1) is 18.4. The molecular weight excluding hydrogens is 327 g/mol. The summed E-state index contributed by atoms with van der Waals surface area (Å²) in [6.07, 6.45) is 0. The molecule has 24 heavy (non-hydrogen) atoms. The van der Waals surface area contributed by atoms with Gasteiger partial charge in [-0.05, 0) is 44.0 Å². The van der Waals surface area contributed by atoms with Crippen LogP contribution in [0.3, 0.4) is 0 Å². The zero-order chi connectivity index (χ0) is 17.7. The van der Waals surface area contributed by atoms with E-state index >= 15 is 0 Å². The van der Waals surface area contributed by atoms with Crippen molar-refractivity contribution in [1.29, 1.82) is 0 Å². The van der Waals surface area contributed by atoms with Gasteiger partial charge in [0, 0.05) is 10.6 Å². The van der Waals surface area contributed by atoms with Gasteiger partial charge in [-0.15, -0.1) is 0 Å². The summed E-state index contributed by atoms with van der Waals surface area (Å²) in [6, 6.07) is 14.0. The summed E-state index contributed by atoms with van der Waals surface area (Å²) < 4.78 is 13.2. The first-order valence-electron chi connectivity index (χ1n) is 7.84. The van der Waals surface area contributed by atoms with Gasteiger partial charge in [-0.3, -0.25) is 10.1 Å².